The fourth-order valence-corrected chi connectivity index (χ4v) is 3.91. The molecule has 33 heavy (non-hydrogen) atoms. The third-order valence-electron chi connectivity index (χ3n) is 5.32. The molecule has 1 heterocycles. The van der Waals surface area contributed by atoms with Crippen LogP contribution in [-0.2, 0) is 9.53 Å². The van der Waals surface area contributed by atoms with Gasteiger partial charge in [0.25, 0.3) is 11.8 Å². The lowest BCUT2D eigenvalue weighted by Crippen LogP contribution is -2.31. The van der Waals surface area contributed by atoms with Gasteiger partial charge in [0.15, 0.2) is 6.61 Å². The van der Waals surface area contributed by atoms with Gasteiger partial charge >= 0.3 is 5.97 Å². The van der Waals surface area contributed by atoms with Crippen LogP contribution in [0.25, 0.3) is 11.1 Å². The standard InChI is InChI=1S/C26H22BrNO5/c1-17-3-5-18(6-4-17)19-7-10-21(11-8-19)33-16-24(29)32-14-2-13-28-25(30)22-12-9-20(27)15-23(22)26(28)31/h3-12,15H,2,13-14,16H2,1H3. The zero-order valence-corrected chi connectivity index (χ0v) is 19.6. The predicted octanol–water partition coefficient (Wildman–Crippen LogP) is 5.03. The molecule has 0 N–H and O–H groups in total. The first kappa shape index (κ1) is 22.7. The summed E-state index contributed by atoms with van der Waals surface area (Å²) in [4.78, 5) is 38.0. The average molecular weight is 508 g/mol. The number of nitrogens with zero attached hydrogens (tertiary/aromatic N) is 1. The molecule has 7 heteroatoms. The molecule has 0 bridgehead atoms. The minimum atomic E-state index is -0.510. The molecule has 0 atom stereocenters. The molecule has 0 saturated heterocycles. The molecule has 168 valence electrons. The molecule has 0 radical (unpaired) electrons. The summed E-state index contributed by atoms with van der Waals surface area (Å²) in [5, 5.41) is 0. The number of esters is 1. The lowest BCUT2D eigenvalue weighted by molar-refractivity contribution is -0.146. The second-order valence-electron chi connectivity index (χ2n) is 7.70. The Hall–Kier alpha value is -3.45. The van der Waals surface area contributed by atoms with Crippen molar-refractivity contribution in [2.24, 2.45) is 0 Å². The van der Waals surface area contributed by atoms with E-state index in [0.29, 0.717) is 23.3 Å². The van der Waals surface area contributed by atoms with E-state index in [1.54, 1.807) is 18.2 Å². The maximum Gasteiger partial charge on any atom is 0.344 e. The number of hydrogen-bond donors (Lipinski definition) is 0. The van der Waals surface area contributed by atoms with E-state index in [0.717, 1.165) is 15.6 Å². The van der Waals surface area contributed by atoms with Gasteiger partial charge < -0.3 is 9.47 Å². The van der Waals surface area contributed by atoms with E-state index in [-0.39, 0.29) is 31.6 Å². The zero-order valence-electron chi connectivity index (χ0n) is 18.0. The van der Waals surface area contributed by atoms with Crippen LogP contribution in [0.3, 0.4) is 0 Å². The van der Waals surface area contributed by atoms with Crippen LogP contribution in [0.15, 0.2) is 71.2 Å². The SMILES string of the molecule is Cc1ccc(-c2ccc(OCC(=O)OCCCN3C(=O)c4ccc(Br)cc4C3=O)cc2)cc1. The highest BCUT2D eigenvalue weighted by atomic mass is 79.9. The summed E-state index contributed by atoms with van der Waals surface area (Å²) in [6.45, 7) is 2.10. The lowest BCUT2D eigenvalue weighted by Gasteiger charge is -2.13. The molecule has 4 rings (SSSR count). The van der Waals surface area contributed by atoms with Crippen LogP contribution in [0.2, 0.25) is 0 Å². The molecular weight excluding hydrogens is 486 g/mol. The maximum atomic E-state index is 12.4. The summed E-state index contributed by atoms with van der Waals surface area (Å²) >= 11 is 3.31. The molecule has 0 aliphatic carbocycles. The van der Waals surface area contributed by atoms with Gasteiger partial charge in [-0.15, -0.1) is 0 Å². The molecule has 2 amide bonds. The molecule has 3 aromatic carbocycles. The van der Waals surface area contributed by atoms with Crippen LogP contribution in [0, 0.1) is 6.92 Å². The molecule has 6 nitrogen and oxygen atoms in total. The fourth-order valence-electron chi connectivity index (χ4n) is 3.55. The number of halogens is 1. The Morgan fingerprint density at radius 3 is 2.21 bits per heavy atom. The van der Waals surface area contributed by atoms with Gasteiger partial charge in [-0.25, -0.2) is 4.79 Å². The van der Waals surface area contributed by atoms with E-state index in [1.807, 2.05) is 31.2 Å². The maximum absolute atomic E-state index is 12.4. The molecule has 0 aromatic heterocycles. The summed E-state index contributed by atoms with van der Waals surface area (Å²) in [7, 11) is 0. The van der Waals surface area contributed by atoms with Crippen molar-refractivity contribution in [3.63, 3.8) is 0 Å². The number of imide groups is 1. The smallest absolute Gasteiger partial charge is 0.344 e. The van der Waals surface area contributed by atoms with Gasteiger partial charge in [0.2, 0.25) is 0 Å². The van der Waals surface area contributed by atoms with Gasteiger partial charge in [0, 0.05) is 11.0 Å². The summed E-state index contributed by atoms with van der Waals surface area (Å²) < 4.78 is 11.4. The number of fused-ring (bicyclic) bond motifs is 1. The Balaban J connectivity index is 1.19. The quantitative estimate of drug-likeness (QED) is 0.243. The second-order valence-corrected chi connectivity index (χ2v) is 8.62. The van der Waals surface area contributed by atoms with E-state index in [1.165, 1.54) is 10.5 Å². The molecule has 3 aromatic rings. The minimum absolute atomic E-state index is 0.0889. The Labute approximate surface area is 200 Å². The van der Waals surface area contributed by atoms with Gasteiger partial charge in [-0.2, -0.15) is 0 Å². The zero-order chi connectivity index (χ0) is 23.4. The van der Waals surface area contributed by atoms with E-state index in [2.05, 4.69) is 40.2 Å². The van der Waals surface area contributed by atoms with Crippen molar-refractivity contribution in [2.45, 2.75) is 13.3 Å². The normalized spacial score (nSPS) is 12.6. The molecule has 1 aliphatic heterocycles. The van der Waals surface area contributed by atoms with Crippen molar-refractivity contribution in [3.8, 4) is 16.9 Å². The molecule has 0 spiro atoms. The third kappa shape index (κ3) is 5.31. The molecular formula is C26H22BrNO5. The topological polar surface area (TPSA) is 72.9 Å². The number of carbonyl (C=O) groups is 3. The minimum Gasteiger partial charge on any atom is -0.482 e. The number of benzene rings is 3. The van der Waals surface area contributed by atoms with E-state index >= 15 is 0 Å². The Bertz CT molecular complexity index is 1190. The third-order valence-corrected chi connectivity index (χ3v) is 5.81. The lowest BCUT2D eigenvalue weighted by atomic mass is 10.0. The first-order valence-corrected chi connectivity index (χ1v) is 11.3. The summed E-state index contributed by atoms with van der Waals surface area (Å²) in [6.07, 6.45) is 0.351. The van der Waals surface area contributed by atoms with Crippen molar-refractivity contribution in [1.29, 1.82) is 0 Å². The highest BCUT2D eigenvalue weighted by Gasteiger charge is 2.35. The first-order chi connectivity index (χ1) is 15.9. The number of ether oxygens (including phenoxy) is 2. The molecule has 0 fully saturated rings. The van der Waals surface area contributed by atoms with Crippen molar-refractivity contribution in [3.05, 3.63) is 87.9 Å². The van der Waals surface area contributed by atoms with Crippen LogP contribution in [0.5, 0.6) is 5.75 Å². The predicted molar refractivity (Wildman–Crippen MR) is 127 cm³/mol. The van der Waals surface area contributed by atoms with Crippen LogP contribution >= 0.6 is 15.9 Å². The Morgan fingerprint density at radius 2 is 1.52 bits per heavy atom. The molecule has 0 unspecified atom stereocenters. The highest BCUT2D eigenvalue weighted by Crippen LogP contribution is 2.26. The van der Waals surface area contributed by atoms with Crippen LogP contribution in [0.4, 0.5) is 0 Å². The van der Waals surface area contributed by atoms with Gasteiger partial charge in [0.1, 0.15) is 5.75 Å². The first-order valence-electron chi connectivity index (χ1n) is 10.5. The summed E-state index contributed by atoms with van der Waals surface area (Å²) in [6, 6.07) is 20.7. The second kappa shape index (κ2) is 10.0. The van der Waals surface area contributed by atoms with Crippen molar-refractivity contribution in [2.75, 3.05) is 19.8 Å². The Kier molecular flexibility index (Phi) is 6.89. The number of amides is 2. The molecule has 1 aliphatic rings. The summed E-state index contributed by atoms with van der Waals surface area (Å²) in [5.41, 5.74) is 4.15. The number of rotatable bonds is 8. The molecule has 0 saturated carbocycles. The Morgan fingerprint density at radius 1 is 0.879 bits per heavy atom. The number of carbonyl (C=O) groups excluding carboxylic acids is 3. The number of aryl methyl sites for hydroxylation is 1. The van der Waals surface area contributed by atoms with Gasteiger partial charge in [-0.1, -0.05) is 57.9 Å². The highest BCUT2D eigenvalue weighted by molar-refractivity contribution is 9.10. The van der Waals surface area contributed by atoms with Crippen molar-refractivity contribution in [1.82, 2.24) is 4.90 Å². The van der Waals surface area contributed by atoms with Gasteiger partial charge in [-0.3, -0.25) is 14.5 Å². The monoisotopic (exact) mass is 507 g/mol. The van der Waals surface area contributed by atoms with Gasteiger partial charge in [-0.05, 0) is 54.8 Å². The van der Waals surface area contributed by atoms with Gasteiger partial charge in [0.05, 0.1) is 17.7 Å². The van der Waals surface area contributed by atoms with E-state index in [9.17, 15) is 14.4 Å². The van der Waals surface area contributed by atoms with E-state index < -0.39 is 5.97 Å². The van der Waals surface area contributed by atoms with Crippen LogP contribution in [-0.4, -0.2) is 42.4 Å². The fraction of sp³-hybridized carbons (Fsp3) is 0.192. The van der Waals surface area contributed by atoms with Crippen LogP contribution < -0.4 is 4.74 Å². The van der Waals surface area contributed by atoms with E-state index in [4.69, 9.17) is 9.47 Å². The number of hydrogen-bond acceptors (Lipinski definition) is 5. The van der Waals surface area contributed by atoms with Crippen molar-refractivity contribution >= 4 is 33.7 Å². The van der Waals surface area contributed by atoms with Crippen molar-refractivity contribution < 1.29 is 23.9 Å². The summed E-state index contributed by atoms with van der Waals surface area (Å²) in [5.74, 6) is -0.602. The average Bonchev–Trinajstić information content (AvgIpc) is 3.05. The van der Waals surface area contributed by atoms with Crippen LogP contribution in [0.1, 0.15) is 32.7 Å². The largest absolute Gasteiger partial charge is 0.482 e.